The first-order valence-corrected chi connectivity index (χ1v) is 11.6. The van der Waals surface area contributed by atoms with Gasteiger partial charge >= 0.3 is 0 Å². The number of anilines is 1. The number of carbonyl (C=O) groups is 1. The van der Waals surface area contributed by atoms with E-state index in [2.05, 4.69) is 21.2 Å². The Bertz CT molecular complexity index is 1240. The maximum absolute atomic E-state index is 13.9. The summed E-state index contributed by atoms with van der Waals surface area (Å²) >= 11 is 9.10. The molecule has 0 heterocycles. The third kappa shape index (κ3) is 5.69. The van der Waals surface area contributed by atoms with Gasteiger partial charge in [0.15, 0.2) is 17.5 Å². The van der Waals surface area contributed by atoms with E-state index in [1.54, 1.807) is 24.3 Å². The first-order valence-electron chi connectivity index (χ1n) is 9.01. The summed E-state index contributed by atoms with van der Waals surface area (Å²) in [7, 11) is -4.15. The van der Waals surface area contributed by atoms with E-state index < -0.39 is 45.6 Å². The summed E-state index contributed by atoms with van der Waals surface area (Å²) in [6.45, 7) is -0.900. The highest BCUT2D eigenvalue weighted by Crippen LogP contribution is 2.23. The van der Waals surface area contributed by atoms with Crippen LogP contribution in [0.4, 0.5) is 18.9 Å². The van der Waals surface area contributed by atoms with Crippen LogP contribution in [-0.4, -0.2) is 25.2 Å². The average molecular weight is 548 g/mol. The van der Waals surface area contributed by atoms with Crippen molar-refractivity contribution in [3.05, 3.63) is 93.2 Å². The molecule has 1 amide bonds. The molecule has 0 radical (unpaired) electrons. The third-order valence-electron chi connectivity index (χ3n) is 4.35. The highest BCUT2D eigenvalue weighted by molar-refractivity contribution is 9.10. The molecule has 168 valence electrons. The number of benzene rings is 3. The van der Waals surface area contributed by atoms with Gasteiger partial charge in [-0.3, -0.25) is 4.79 Å². The first-order chi connectivity index (χ1) is 15.1. The molecule has 11 heteroatoms. The lowest BCUT2D eigenvalue weighted by molar-refractivity contribution is -0.116. The predicted octanol–water partition coefficient (Wildman–Crippen LogP) is 5.35. The molecule has 5 nitrogen and oxygen atoms in total. The monoisotopic (exact) mass is 546 g/mol. The van der Waals surface area contributed by atoms with Gasteiger partial charge in [-0.1, -0.05) is 39.7 Å². The number of halogens is 5. The Kier molecular flexibility index (Phi) is 7.60. The van der Waals surface area contributed by atoms with Crippen molar-refractivity contribution in [2.75, 3.05) is 11.9 Å². The van der Waals surface area contributed by atoms with Crippen LogP contribution in [0, 0.1) is 17.5 Å². The molecule has 0 aliphatic heterocycles. The fourth-order valence-corrected chi connectivity index (χ4v) is 4.52. The Morgan fingerprint density at radius 2 is 1.56 bits per heavy atom. The molecular formula is C21H15BrClF3N2O3S. The second kappa shape index (κ2) is 10.0. The second-order valence-electron chi connectivity index (χ2n) is 6.62. The van der Waals surface area contributed by atoms with Gasteiger partial charge < -0.3 is 5.32 Å². The van der Waals surface area contributed by atoms with Crippen molar-refractivity contribution in [2.24, 2.45) is 0 Å². The molecule has 1 N–H and O–H groups in total. The molecule has 32 heavy (non-hydrogen) atoms. The normalized spacial score (nSPS) is 11.6. The number of rotatable bonds is 7. The lowest BCUT2D eigenvalue weighted by atomic mass is 10.2. The molecule has 0 spiro atoms. The van der Waals surface area contributed by atoms with Gasteiger partial charge in [0.1, 0.15) is 0 Å². The molecule has 3 aromatic carbocycles. The molecule has 0 saturated carbocycles. The Hall–Kier alpha value is -2.40. The zero-order chi connectivity index (χ0) is 23.5. The molecule has 0 aliphatic carbocycles. The van der Waals surface area contributed by atoms with Crippen LogP contribution in [0.5, 0.6) is 0 Å². The summed E-state index contributed by atoms with van der Waals surface area (Å²) in [5.74, 6) is -5.69. The quantitative estimate of drug-likeness (QED) is 0.406. The van der Waals surface area contributed by atoms with E-state index in [1.807, 2.05) is 0 Å². The van der Waals surface area contributed by atoms with E-state index in [0.29, 0.717) is 21.1 Å². The van der Waals surface area contributed by atoms with Gasteiger partial charge in [-0.15, -0.1) is 0 Å². The number of carbonyl (C=O) groups excluding carboxylic acids is 1. The lowest BCUT2D eigenvalue weighted by Crippen LogP contribution is -2.37. The lowest BCUT2D eigenvalue weighted by Gasteiger charge is -2.22. The van der Waals surface area contributed by atoms with Crippen molar-refractivity contribution in [1.29, 1.82) is 0 Å². The van der Waals surface area contributed by atoms with Crippen LogP contribution in [0.2, 0.25) is 5.02 Å². The van der Waals surface area contributed by atoms with Gasteiger partial charge in [-0.2, -0.15) is 4.31 Å². The Morgan fingerprint density at radius 1 is 0.938 bits per heavy atom. The largest absolute Gasteiger partial charge is 0.322 e. The minimum atomic E-state index is -4.15. The van der Waals surface area contributed by atoms with Crippen molar-refractivity contribution in [1.82, 2.24) is 4.31 Å². The standard InChI is InChI=1S/C21H15BrClF3N2O3S/c22-14-3-7-16(8-4-14)32(30,31)28(11-13-1-5-15(23)6-2-13)12-19(29)27-18-10-9-17(24)20(25)21(18)26/h1-10H,11-12H2,(H,27,29). The second-order valence-corrected chi connectivity index (χ2v) is 9.91. The van der Waals surface area contributed by atoms with Crippen LogP contribution in [0.3, 0.4) is 0 Å². The SMILES string of the molecule is O=C(CN(Cc1ccc(Cl)cc1)S(=O)(=O)c1ccc(Br)cc1)Nc1ccc(F)c(F)c1F. The van der Waals surface area contributed by atoms with E-state index in [-0.39, 0.29) is 11.4 Å². The number of nitrogens with one attached hydrogen (secondary N) is 1. The zero-order valence-corrected chi connectivity index (χ0v) is 19.3. The molecule has 0 atom stereocenters. The van der Waals surface area contributed by atoms with Crippen LogP contribution < -0.4 is 5.32 Å². The minimum absolute atomic E-state index is 0.0681. The van der Waals surface area contributed by atoms with E-state index in [1.165, 1.54) is 24.3 Å². The maximum Gasteiger partial charge on any atom is 0.243 e. The van der Waals surface area contributed by atoms with Crippen LogP contribution in [0.15, 0.2) is 70.0 Å². The van der Waals surface area contributed by atoms with Gasteiger partial charge in [-0.05, 0) is 54.1 Å². The van der Waals surface area contributed by atoms with Gasteiger partial charge in [0.2, 0.25) is 15.9 Å². The Balaban J connectivity index is 1.89. The van der Waals surface area contributed by atoms with Crippen LogP contribution >= 0.6 is 27.5 Å². The highest BCUT2D eigenvalue weighted by Gasteiger charge is 2.27. The van der Waals surface area contributed by atoms with Gasteiger partial charge in [0.05, 0.1) is 17.1 Å². The molecular weight excluding hydrogens is 533 g/mol. The summed E-state index contributed by atoms with van der Waals surface area (Å²) in [6.07, 6.45) is 0. The minimum Gasteiger partial charge on any atom is -0.322 e. The summed E-state index contributed by atoms with van der Waals surface area (Å²) in [4.78, 5) is 12.5. The van der Waals surface area contributed by atoms with Crippen LogP contribution in [0.25, 0.3) is 0 Å². The summed E-state index contributed by atoms with van der Waals surface area (Å²) in [5.41, 5.74) is -0.0664. The Morgan fingerprint density at radius 3 is 2.19 bits per heavy atom. The van der Waals surface area contributed by atoms with Gasteiger partial charge in [-0.25, -0.2) is 21.6 Å². The summed E-state index contributed by atoms with van der Waals surface area (Å²) in [6, 6.07) is 13.6. The molecule has 3 rings (SSSR count). The molecule has 0 saturated heterocycles. The molecule has 0 bridgehead atoms. The predicted molar refractivity (Wildman–Crippen MR) is 118 cm³/mol. The summed E-state index contributed by atoms with van der Waals surface area (Å²) < 4.78 is 68.4. The number of hydrogen-bond donors (Lipinski definition) is 1. The van der Waals surface area contributed by atoms with E-state index in [0.717, 1.165) is 10.4 Å². The average Bonchev–Trinajstić information content (AvgIpc) is 2.75. The van der Waals surface area contributed by atoms with Crippen molar-refractivity contribution >= 4 is 49.1 Å². The fourth-order valence-electron chi connectivity index (χ4n) is 2.75. The number of hydrogen-bond acceptors (Lipinski definition) is 3. The molecule has 0 fully saturated rings. The van der Waals surface area contributed by atoms with Crippen molar-refractivity contribution in [3.8, 4) is 0 Å². The maximum atomic E-state index is 13.9. The molecule has 0 aliphatic rings. The van der Waals surface area contributed by atoms with Gasteiger partial charge in [0.25, 0.3) is 0 Å². The van der Waals surface area contributed by atoms with E-state index in [4.69, 9.17) is 11.6 Å². The number of nitrogens with zero attached hydrogens (tertiary/aromatic N) is 1. The van der Waals surface area contributed by atoms with Crippen molar-refractivity contribution in [3.63, 3.8) is 0 Å². The first kappa shape index (κ1) is 24.2. The molecule has 0 aromatic heterocycles. The number of amides is 1. The highest BCUT2D eigenvalue weighted by atomic mass is 79.9. The van der Waals surface area contributed by atoms with E-state index >= 15 is 0 Å². The van der Waals surface area contributed by atoms with Crippen molar-refractivity contribution in [2.45, 2.75) is 11.4 Å². The zero-order valence-electron chi connectivity index (χ0n) is 16.2. The van der Waals surface area contributed by atoms with Crippen LogP contribution in [-0.2, 0) is 21.4 Å². The summed E-state index contributed by atoms with van der Waals surface area (Å²) in [5, 5.41) is 2.53. The Labute approximate surface area is 196 Å². The van der Waals surface area contributed by atoms with E-state index in [9.17, 15) is 26.4 Å². The smallest absolute Gasteiger partial charge is 0.243 e. The molecule has 3 aromatic rings. The van der Waals surface area contributed by atoms with Crippen LogP contribution in [0.1, 0.15) is 5.56 Å². The fraction of sp³-hybridized carbons (Fsp3) is 0.0952. The topological polar surface area (TPSA) is 66.5 Å². The number of sulfonamides is 1. The molecule has 0 unspecified atom stereocenters. The third-order valence-corrected chi connectivity index (χ3v) is 6.94. The van der Waals surface area contributed by atoms with Gasteiger partial charge in [0, 0.05) is 16.0 Å². The van der Waals surface area contributed by atoms with Crippen molar-refractivity contribution < 1.29 is 26.4 Å².